The molecule has 0 aliphatic carbocycles. The van der Waals surface area contributed by atoms with E-state index in [1.807, 2.05) is 0 Å². The van der Waals surface area contributed by atoms with Crippen LogP contribution in [0.3, 0.4) is 0 Å². The second-order valence-electron chi connectivity index (χ2n) is 3.19. The van der Waals surface area contributed by atoms with E-state index >= 15 is 0 Å². The summed E-state index contributed by atoms with van der Waals surface area (Å²) in [4.78, 5) is 28.2. The third kappa shape index (κ3) is 2.91. The van der Waals surface area contributed by atoms with Gasteiger partial charge >= 0.3 is 13.6 Å². The summed E-state index contributed by atoms with van der Waals surface area (Å²) in [5, 5.41) is 8.61. The van der Waals surface area contributed by atoms with Crippen molar-refractivity contribution in [2.45, 2.75) is 5.76 Å². The lowest BCUT2D eigenvalue weighted by molar-refractivity contribution is -0.875. The summed E-state index contributed by atoms with van der Waals surface area (Å²) in [6.45, 7) is 0. The minimum atomic E-state index is -5.03. The number of likely N-dealkylation sites (N-methyl/N-ethyl adjacent to an activating group) is 1. The predicted octanol–water partition coefficient (Wildman–Crippen LogP) is -0.719. The topological polar surface area (TPSA) is 94.8 Å². The lowest BCUT2D eigenvalue weighted by atomic mass is 10.5. The van der Waals surface area contributed by atoms with Crippen molar-refractivity contribution in [1.29, 1.82) is 0 Å². The molecule has 12 heavy (non-hydrogen) atoms. The monoisotopic (exact) mass is 200 g/mol. The fourth-order valence-corrected chi connectivity index (χ4v) is 1.83. The number of hydrogen-bond donors (Lipinski definition) is 3. The van der Waals surface area contributed by atoms with E-state index in [2.05, 4.69) is 0 Å². The fraction of sp³-hybridized carbons (Fsp3) is 0.800. The summed E-state index contributed by atoms with van der Waals surface area (Å²) < 4.78 is 17.5. The summed E-state index contributed by atoms with van der Waals surface area (Å²) in [5.41, 5.74) is 0. The highest BCUT2D eigenvalue weighted by Gasteiger charge is 2.46. The molecule has 1 atom stereocenters. The van der Waals surface area contributed by atoms with Crippen LogP contribution in [-0.2, 0) is 9.36 Å². The second kappa shape index (κ2) is 3.14. The first-order chi connectivity index (χ1) is 5.44. The van der Waals surface area contributed by atoms with Gasteiger partial charge in [-0.3, -0.25) is 4.57 Å². The van der Waals surface area contributed by atoms with Gasteiger partial charge < -0.3 is 19.4 Å². The molecule has 0 spiro atoms. The summed E-state index contributed by atoms with van der Waals surface area (Å²) in [7, 11) is -1.32. The van der Waals surface area contributed by atoms with Crippen LogP contribution >= 0.6 is 7.60 Å². The number of carboxylic acids is 1. The normalized spacial score (nSPS) is 19.6. The number of carboxylic acid groups (broad SMARTS) is 1. The molecule has 0 radical (unpaired) electrons. The van der Waals surface area contributed by atoms with E-state index < -0.39 is 23.8 Å². The van der Waals surface area contributed by atoms with Gasteiger partial charge in [0.1, 0.15) is 1.37 Å². The number of carbonyl (C=O) groups is 1. The van der Waals surface area contributed by atoms with Gasteiger partial charge in [-0.2, -0.15) is 0 Å². The van der Waals surface area contributed by atoms with Crippen LogP contribution in [0.25, 0.3) is 0 Å². The van der Waals surface area contributed by atoms with Crippen LogP contribution in [0.5, 0.6) is 0 Å². The average molecular weight is 200 g/mol. The van der Waals surface area contributed by atoms with Gasteiger partial charge in [0.2, 0.25) is 0 Å². The Morgan fingerprint density at radius 3 is 1.83 bits per heavy atom. The van der Waals surface area contributed by atoms with Crippen LogP contribution in [0.2, 0.25) is 0 Å². The van der Waals surface area contributed by atoms with Crippen molar-refractivity contribution in [3.05, 3.63) is 0 Å². The molecule has 72 valence electrons. The number of nitrogens with zero attached hydrogens (tertiary/aromatic N) is 1. The molecule has 0 aromatic rings. The lowest BCUT2D eigenvalue weighted by Gasteiger charge is -2.30. The van der Waals surface area contributed by atoms with Crippen molar-refractivity contribution in [3.63, 3.8) is 0 Å². The Balaban J connectivity index is 5.49. The van der Waals surface area contributed by atoms with E-state index in [1.54, 1.807) is 0 Å². The highest BCUT2D eigenvalue weighted by molar-refractivity contribution is 7.53. The zero-order chi connectivity index (χ0) is 11.1. The molecule has 6 nitrogen and oxygen atoms in total. The van der Waals surface area contributed by atoms with Gasteiger partial charge in [0.05, 0.1) is 21.1 Å². The van der Waals surface area contributed by atoms with Crippen LogP contribution in [0, 0.1) is 0 Å². The summed E-state index contributed by atoms with van der Waals surface area (Å²) in [5.74, 6) is -4.69. The molecule has 3 N–H and O–H groups in total. The van der Waals surface area contributed by atoms with E-state index in [4.69, 9.17) is 16.3 Å². The Morgan fingerprint density at radius 2 is 1.83 bits per heavy atom. The average Bonchev–Trinajstić information content (AvgIpc) is 1.80. The first-order valence-electron chi connectivity index (χ1n) is 3.55. The third-order valence-electron chi connectivity index (χ3n) is 1.10. The molecule has 0 aromatic heterocycles. The molecule has 0 rings (SSSR count). The molecule has 0 fully saturated rings. The zero-order valence-corrected chi connectivity index (χ0v) is 7.95. The van der Waals surface area contributed by atoms with Crippen molar-refractivity contribution in [2.75, 3.05) is 21.1 Å². The minimum absolute atomic E-state index is 0.674. The molecule has 0 aliphatic heterocycles. The van der Waals surface area contributed by atoms with Gasteiger partial charge in [-0.15, -0.1) is 0 Å². The van der Waals surface area contributed by atoms with Crippen LogP contribution in [0.4, 0.5) is 0 Å². The highest BCUT2D eigenvalue weighted by atomic mass is 31.2. The molecule has 0 heterocycles. The largest absolute Gasteiger partial charge is 0.476 e. The maximum atomic E-state index is 10.9. The van der Waals surface area contributed by atoms with Gasteiger partial charge in [0, 0.05) is 0 Å². The SMILES string of the molecule is [3H]C(C(=O)O)([N+](C)(C)C)P(=O)(O)O. The van der Waals surface area contributed by atoms with Crippen molar-refractivity contribution in [2.24, 2.45) is 0 Å². The first-order valence-corrected chi connectivity index (χ1v) is 4.66. The van der Waals surface area contributed by atoms with Crippen LogP contribution < -0.4 is 0 Å². The molecule has 0 aromatic carbocycles. The zero-order valence-electron chi connectivity index (χ0n) is 8.05. The van der Waals surface area contributed by atoms with Crippen LogP contribution in [-0.4, -0.2) is 52.2 Å². The van der Waals surface area contributed by atoms with Gasteiger partial charge in [-0.1, -0.05) is 0 Å². The van der Waals surface area contributed by atoms with E-state index in [0.717, 1.165) is 0 Å². The highest BCUT2D eigenvalue weighted by Crippen LogP contribution is 2.44. The van der Waals surface area contributed by atoms with Crippen molar-refractivity contribution < 1.29 is 30.1 Å². The quantitative estimate of drug-likeness (QED) is 0.413. The molecule has 0 bridgehead atoms. The molecule has 0 aliphatic rings. The van der Waals surface area contributed by atoms with Gasteiger partial charge in [-0.25, -0.2) is 4.79 Å². The lowest BCUT2D eigenvalue weighted by Crippen LogP contribution is -2.49. The van der Waals surface area contributed by atoms with Crippen LogP contribution in [0.15, 0.2) is 0 Å². The van der Waals surface area contributed by atoms with E-state index in [1.165, 1.54) is 21.1 Å². The van der Waals surface area contributed by atoms with Crippen molar-refractivity contribution in [3.8, 4) is 0 Å². The van der Waals surface area contributed by atoms with Gasteiger partial charge in [0.25, 0.3) is 5.76 Å². The smallest absolute Gasteiger partial charge is 0.394 e. The Hall–Kier alpha value is -0.420. The van der Waals surface area contributed by atoms with E-state index in [0.29, 0.717) is 0 Å². The van der Waals surface area contributed by atoms with Crippen LogP contribution in [0.1, 0.15) is 1.37 Å². The maximum Gasteiger partial charge on any atom is 0.394 e. The summed E-state index contributed by atoms with van der Waals surface area (Å²) in [6.07, 6.45) is 0. The van der Waals surface area contributed by atoms with E-state index in [9.17, 15) is 9.36 Å². The molecule has 0 amide bonds. The number of hydrogen-bond acceptors (Lipinski definition) is 2. The molecular weight excluding hydrogens is 185 g/mol. The Morgan fingerprint density at radius 1 is 1.50 bits per heavy atom. The molecular formula is C5H13NO5P+. The standard InChI is InChI=1S/C5H12NO5P/c1-6(2,3)4(5(7)8)12(9,10)11/h4H,1-3H3,(H2-,7,8,9,10,11)/p+1/i4T. The fourth-order valence-electron chi connectivity index (χ4n) is 0.802. The predicted molar refractivity (Wildman–Crippen MR) is 41.5 cm³/mol. The Bertz CT molecular complexity index is 269. The number of rotatable bonds is 3. The van der Waals surface area contributed by atoms with Crippen molar-refractivity contribution in [1.82, 2.24) is 0 Å². The minimum Gasteiger partial charge on any atom is -0.476 e. The summed E-state index contributed by atoms with van der Waals surface area (Å²) in [6, 6.07) is 0. The maximum absolute atomic E-state index is 10.9. The van der Waals surface area contributed by atoms with Gasteiger partial charge in [-0.05, 0) is 0 Å². The van der Waals surface area contributed by atoms with Gasteiger partial charge in [0.15, 0.2) is 0 Å². The molecule has 0 saturated carbocycles. The molecule has 0 saturated heterocycles. The molecule has 7 heteroatoms. The number of aliphatic carboxylic acids is 1. The summed E-state index contributed by atoms with van der Waals surface area (Å²) >= 11 is 0. The van der Waals surface area contributed by atoms with Crippen molar-refractivity contribution >= 4 is 13.6 Å². The second-order valence-corrected chi connectivity index (χ2v) is 4.70. The third-order valence-corrected chi connectivity index (χ3v) is 2.45. The first kappa shape index (κ1) is 9.67. The Kier molecular flexibility index (Phi) is 2.53. The number of quaternary nitrogens is 1. The van der Waals surface area contributed by atoms with E-state index in [-0.39, 0.29) is 0 Å². The molecule has 1 unspecified atom stereocenters. The Labute approximate surface area is 71.6 Å².